The molecule has 3 N–H and O–H groups in total. The number of unbranched alkanes of at least 4 members (excludes halogenated alkanes) is 5. The number of aromatic hydroxyl groups is 2. The summed E-state index contributed by atoms with van der Waals surface area (Å²) in [5.41, 5.74) is 0.341. The van der Waals surface area contributed by atoms with Crippen LogP contribution in [-0.2, 0) is 16.5 Å². The quantitative estimate of drug-likeness (QED) is 0.389. The van der Waals surface area contributed by atoms with E-state index in [2.05, 4.69) is 6.92 Å². The monoisotopic (exact) mass is 302 g/mol. The molecule has 6 heteroatoms. The molecule has 114 valence electrons. The van der Waals surface area contributed by atoms with Gasteiger partial charge >= 0.3 is 0 Å². The van der Waals surface area contributed by atoms with Gasteiger partial charge in [0.05, 0.1) is 0 Å². The van der Waals surface area contributed by atoms with Crippen LogP contribution in [-0.4, -0.2) is 23.2 Å². The van der Waals surface area contributed by atoms with Gasteiger partial charge in [0.25, 0.3) is 10.1 Å². The molecule has 0 amide bonds. The topological polar surface area (TPSA) is 94.8 Å². The average molecular weight is 302 g/mol. The minimum Gasteiger partial charge on any atom is -0.508 e. The zero-order chi connectivity index (χ0) is 15.2. The van der Waals surface area contributed by atoms with Crippen molar-refractivity contribution in [1.82, 2.24) is 0 Å². The molecule has 0 atom stereocenters. The van der Waals surface area contributed by atoms with Crippen molar-refractivity contribution < 1.29 is 23.2 Å². The van der Waals surface area contributed by atoms with Crippen LogP contribution >= 0.6 is 0 Å². The summed E-state index contributed by atoms with van der Waals surface area (Å²) in [6.45, 7) is 2.14. The van der Waals surface area contributed by atoms with E-state index in [0.717, 1.165) is 25.3 Å². The molecule has 1 aromatic rings. The molecule has 0 bridgehead atoms. The molecule has 0 heterocycles. The van der Waals surface area contributed by atoms with Crippen LogP contribution in [0.4, 0.5) is 0 Å². The smallest absolute Gasteiger partial charge is 0.298 e. The van der Waals surface area contributed by atoms with Crippen molar-refractivity contribution in [3.05, 3.63) is 17.7 Å². The standard InChI is InChI=1S/C14H22O5S/c1-2-3-4-5-6-7-8-11-9-12(15)10-13(14(11)16)20(17,18)19/h9-10,15-16H,2-8H2,1H3,(H,17,18,19). The first-order valence-corrected chi connectivity index (χ1v) is 8.32. The maximum atomic E-state index is 11.1. The fraction of sp³-hybridized carbons (Fsp3) is 0.571. The summed E-state index contributed by atoms with van der Waals surface area (Å²) in [6, 6.07) is 2.17. The second-order valence-electron chi connectivity index (χ2n) is 4.94. The molecule has 0 aromatic heterocycles. The van der Waals surface area contributed by atoms with Crippen molar-refractivity contribution in [3.63, 3.8) is 0 Å². The first kappa shape index (κ1) is 16.8. The Labute approximate surface area is 120 Å². The average Bonchev–Trinajstić information content (AvgIpc) is 2.35. The lowest BCUT2D eigenvalue weighted by atomic mass is 10.0. The zero-order valence-electron chi connectivity index (χ0n) is 11.7. The van der Waals surface area contributed by atoms with Crippen LogP contribution in [0.25, 0.3) is 0 Å². The van der Waals surface area contributed by atoms with Crippen molar-refractivity contribution in [2.45, 2.75) is 56.8 Å². The molecule has 20 heavy (non-hydrogen) atoms. The van der Waals surface area contributed by atoms with Gasteiger partial charge in [-0.05, 0) is 24.5 Å². The molecular formula is C14H22O5S. The van der Waals surface area contributed by atoms with Crippen LogP contribution in [0.5, 0.6) is 11.5 Å². The van der Waals surface area contributed by atoms with Crippen molar-refractivity contribution in [3.8, 4) is 11.5 Å². The number of rotatable bonds is 8. The molecule has 0 fully saturated rings. The first-order chi connectivity index (χ1) is 9.36. The van der Waals surface area contributed by atoms with Gasteiger partial charge in [0, 0.05) is 6.07 Å². The molecule has 0 aliphatic carbocycles. The number of phenols is 2. The van der Waals surface area contributed by atoms with Gasteiger partial charge < -0.3 is 10.2 Å². The lowest BCUT2D eigenvalue weighted by molar-refractivity contribution is 0.426. The highest BCUT2D eigenvalue weighted by atomic mass is 32.2. The SMILES string of the molecule is CCCCCCCCc1cc(O)cc(S(=O)(=O)O)c1O. The summed E-state index contributed by atoms with van der Waals surface area (Å²) in [5, 5.41) is 19.3. The Morgan fingerprint density at radius 1 is 1.00 bits per heavy atom. The number of benzene rings is 1. The maximum Gasteiger partial charge on any atom is 0.298 e. The van der Waals surface area contributed by atoms with E-state index in [1.165, 1.54) is 25.3 Å². The van der Waals surface area contributed by atoms with E-state index >= 15 is 0 Å². The zero-order valence-corrected chi connectivity index (χ0v) is 12.5. The number of aryl methyl sites for hydroxylation is 1. The summed E-state index contributed by atoms with van der Waals surface area (Å²) in [5.74, 6) is -0.754. The summed E-state index contributed by atoms with van der Waals surface area (Å²) in [7, 11) is -4.53. The molecule has 0 saturated carbocycles. The lowest BCUT2D eigenvalue weighted by Crippen LogP contribution is -2.00. The molecular weight excluding hydrogens is 280 g/mol. The predicted octanol–water partition coefficient (Wildman–Crippen LogP) is 3.25. The van der Waals surface area contributed by atoms with Crippen LogP contribution < -0.4 is 0 Å². The molecule has 1 aromatic carbocycles. The minimum atomic E-state index is -4.53. The van der Waals surface area contributed by atoms with Crippen LogP contribution in [0.3, 0.4) is 0 Å². The second kappa shape index (κ2) is 7.50. The Morgan fingerprint density at radius 3 is 2.20 bits per heavy atom. The van der Waals surface area contributed by atoms with E-state index in [1.54, 1.807) is 0 Å². The van der Waals surface area contributed by atoms with Gasteiger partial charge in [-0.2, -0.15) is 8.42 Å². The van der Waals surface area contributed by atoms with Gasteiger partial charge in [-0.1, -0.05) is 39.0 Å². The molecule has 0 unspecified atom stereocenters. The third-order valence-corrected chi connectivity index (χ3v) is 4.08. The summed E-state index contributed by atoms with van der Waals surface area (Å²) < 4.78 is 31.2. The Kier molecular flexibility index (Phi) is 6.29. The van der Waals surface area contributed by atoms with Crippen molar-refractivity contribution >= 4 is 10.1 Å². The first-order valence-electron chi connectivity index (χ1n) is 6.88. The number of hydrogen-bond donors (Lipinski definition) is 3. The highest BCUT2D eigenvalue weighted by Gasteiger charge is 2.19. The maximum absolute atomic E-state index is 11.1. The Morgan fingerprint density at radius 2 is 1.60 bits per heavy atom. The fourth-order valence-corrected chi connectivity index (χ4v) is 2.78. The van der Waals surface area contributed by atoms with E-state index in [1.807, 2.05) is 0 Å². The van der Waals surface area contributed by atoms with Gasteiger partial charge in [0.2, 0.25) is 0 Å². The third kappa shape index (κ3) is 5.02. The number of phenolic OH excluding ortho intramolecular Hbond substituents is 2. The number of hydrogen-bond acceptors (Lipinski definition) is 4. The van der Waals surface area contributed by atoms with Crippen LogP contribution in [0.15, 0.2) is 17.0 Å². The molecule has 0 aliphatic rings. The molecule has 1 rings (SSSR count). The van der Waals surface area contributed by atoms with Gasteiger partial charge in [0.15, 0.2) is 0 Å². The van der Waals surface area contributed by atoms with Crippen molar-refractivity contribution in [2.24, 2.45) is 0 Å². The predicted molar refractivity (Wildman–Crippen MR) is 76.7 cm³/mol. The van der Waals surface area contributed by atoms with E-state index in [4.69, 9.17) is 4.55 Å². The molecule has 0 spiro atoms. The van der Waals surface area contributed by atoms with Gasteiger partial charge in [-0.25, -0.2) is 0 Å². The second-order valence-corrected chi connectivity index (χ2v) is 6.33. The molecule has 0 radical (unpaired) electrons. The summed E-state index contributed by atoms with van der Waals surface area (Å²) in [4.78, 5) is -0.640. The summed E-state index contributed by atoms with van der Waals surface area (Å²) in [6.07, 6.45) is 6.88. The van der Waals surface area contributed by atoms with Crippen LogP contribution in [0, 0.1) is 0 Å². The Bertz CT molecular complexity index is 537. The van der Waals surface area contributed by atoms with E-state index in [0.29, 0.717) is 12.0 Å². The normalized spacial score (nSPS) is 11.7. The van der Waals surface area contributed by atoms with Gasteiger partial charge in [0.1, 0.15) is 16.4 Å². The van der Waals surface area contributed by atoms with Crippen molar-refractivity contribution in [2.75, 3.05) is 0 Å². The molecule has 0 saturated heterocycles. The van der Waals surface area contributed by atoms with Gasteiger partial charge in [-0.15, -0.1) is 0 Å². The highest BCUT2D eigenvalue weighted by molar-refractivity contribution is 7.86. The van der Waals surface area contributed by atoms with Crippen molar-refractivity contribution in [1.29, 1.82) is 0 Å². The van der Waals surface area contributed by atoms with Crippen LogP contribution in [0.1, 0.15) is 51.0 Å². The van der Waals surface area contributed by atoms with E-state index in [-0.39, 0.29) is 5.75 Å². The third-order valence-electron chi connectivity index (χ3n) is 3.22. The van der Waals surface area contributed by atoms with E-state index in [9.17, 15) is 18.6 Å². The lowest BCUT2D eigenvalue weighted by Gasteiger charge is -2.09. The van der Waals surface area contributed by atoms with Gasteiger partial charge in [-0.3, -0.25) is 4.55 Å². The van der Waals surface area contributed by atoms with E-state index < -0.39 is 20.8 Å². The van der Waals surface area contributed by atoms with Crippen LogP contribution in [0.2, 0.25) is 0 Å². The minimum absolute atomic E-state index is 0.281. The molecule has 5 nitrogen and oxygen atoms in total. The largest absolute Gasteiger partial charge is 0.508 e. The molecule has 0 aliphatic heterocycles. The summed E-state index contributed by atoms with van der Waals surface area (Å²) >= 11 is 0. The Hall–Kier alpha value is -1.27. The Balaban J connectivity index is 2.69. The highest BCUT2D eigenvalue weighted by Crippen LogP contribution is 2.32. The fourth-order valence-electron chi connectivity index (χ4n) is 2.13.